The molecule has 0 bridgehead atoms. The van der Waals surface area contributed by atoms with Gasteiger partial charge in [-0.1, -0.05) is 18.2 Å². The monoisotopic (exact) mass is 389 g/mol. The third-order valence-electron chi connectivity index (χ3n) is 4.54. The number of amides is 1. The highest BCUT2D eigenvalue weighted by atomic mass is 32.1. The minimum absolute atomic E-state index is 0.235. The van der Waals surface area contributed by atoms with E-state index in [2.05, 4.69) is 33.7 Å². The number of H-pyrrole nitrogens is 1. The van der Waals surface area contributed by atoms with Gasteiger partial charge in [-0.05, 0) is 41.8 Å². The van der Waals surface area contributed by atoms with E-state index in [0.717, 1.165) is 21.5 Å². The van der Waals surface area contributed by atoms with Crippen LogP contribution in [0.5, 0.6) is 5.75 Å². The molecular weight excluding hydrogens is 374 g/mol. The molecule has 5 aromatic rings. The highest BCUT2D eigenvalue weighted by Crippen LogP contribution is 2.42. The lowest BCUT2D eigenvalue weighted by Crippen LogP contribution is -2.11. The van der Waals surface area contributed by atoms with Crippen LogP contribution in [0.3, 0.4) is 0 Å². The number of nitrogens with one attached hydrogen (secondary N) is 2. The van der Waals surface area contributed by atoms with Crippen LogP contribution in [-0.2, 0) is 0 Å². The number of anilines is 1. The molecule has 2 aromatic carbocycles. The molecule has 0 unspecified atom stereocenters. The van der Waals surface area contributed by atoms with Gasteiger partial charge >= 0.3 is 0 Å². The fourth-order valence-corrected chi connectivity index (χ4v) is 4.32. The van der Waals surface area contributed by atoms with Gasteiger partial charge in [-0.25, -0.2) is 0 Å². The molecular formula is C21H15N3O3S. The number of fused-ring (bicyclic) bond motifs is 2. The fourth-order valence-electron chi connectivity index (χ4n) is 3.26. The maximum atomic E-state index is 12.4. The topological polar surface area (TPSA) is 80.1 Å². The first kappa shape index (κ1) is 16.6. The summed E-state index contributed by atoms with van der Waals surface area (Å²) in [5.74, 6) is 0.451. The number of hydrogen-bond donors (Lipinski definition) is 2. The van der Waals surface area contributed by atoms with Gasteiger partial charge in [0.2, 0.25) is 0 Å². The van der Waals surface area contributed by atoms with Gasteiger partial charge in [0.15, 0.2) is 11.5 Å². The van der Waals surface area contributed by atoms with Gasteiger partial charge in [-0.15, -0.1) is 11.3 Å². The normalized spacial score (nSPS) is 11.2. The van der Waals surface area contributed by atoms with Gasteiger partial charge in [-0.3, -0.25) is 9.89 Å². The number of benzene rings is 2. The molecule has 28 heavy (non-hydrogen) atoms. The number of aromatic nitrogens is 2. The lowest BCUT2D eigenvalue weighted by atomic mass is 10.1. The Labute approximate surface area is 163 Å². The van der Waals surface area contributed by atoms with E-state index >= 15 is 0 Å². The third kappa shape index (κ3) is 2.64. The number of carbonyl (C=O) groups excluding carboxylic acids is 1. The molecule has 0 fully saturated rings. The van der Waals surface area contributed by atoms with Crippen molar-refractivity contribution in [3.63, 3.8) is 0 Å². The van der Waals surface area contributed by atoms with Crippen LogP contribution in [0.25, 0.3) is 31.6 Å². The van der Waals surface area contributed by atoms with Crippen molar-refractivity contribution < 1.29 is 13.9 Å². The summed E-state index contributed by atoms with van der Waals surface area (Å²) < 4.78 is 12.0. The Morgan fingerprint density at radius 3 is 2.86 bits per heavy atom. The van der Waals surface area contributed by atoms with Gasteiger partial charge in [0.1, 0.15) is 5.69 Å². The zero-order valence-corrected chi connectivity index (χ0v) is 15.7. The summed E-state index contributed by atoms with van der Waals surface area (Å²) in [7, 11) is 1.58. The minimum atomic E-state index is -0.338. The van der Waals surface area contributed by atoms with Crippen LogP contribution < -0.4 is 10.1 Å². The first-order chi connectivity index (χ1) is 13.7. The Kier molecular flexibility index (Phi) is 3.87. The molecule has 0 saturated carbocycles. The smallest absolute Gasteiger partial charge is 0.291 e. The number of ether oxygens (including phenoxy) is 1. The van der Waals surface area contributed by atoms with Crippen molar-refractivity contribution >= 4 is 43.9 Å². The molecule has 0 radical (unpaired) electrons. The molecule has 0 saturated heterocycles. The van der Waals surface area contributed by atoms with Crippen LogP contribution in [0.1, 0.15) is 10.6 Å². The van der Waals surface area contributed by atoms with Crippen LogP contribution in [0.4, 0.5) is 5.69 Å². The Hall–Kier alpha value is -3.58. The predicted octanol–water partition coefficient (Wildman–Crippen LogP) is 5.30. The van der Waals surface area contributed by atoms with E-state index in [-0.39, 0.29) is 11.7 Å². The van der Waals surface area contributed by atoms with Crippen molar-refractivity contribution in [1.29, 1.82) is 0 Å². The Morgan fingerprint density at radius 2 is 2.07 bits per heavy atom. The number of carbonyl (C=O) groups is 1. The molecule has 0 aliphatic heterocycles. The molecule has 3 heterocycles. The molecule has 6 nitrogen and oxygen atoms in total. The highest BCUT2D eigenvalue weighted by molar-refractivity contribution is 7.22. The summed E-state index contributed by atoms with van der Waals surface area (Å²) >= 11 is 1.67. The lowest BCUT2D eigenvalue weighted by Gasteiger charge is -2.11. The van der Waals surface area contributed by atoms with Gasteiger partial charge in [0, 0.05) is 4.70 Å². The SMILES string of the molecule is COc1c(NC(=O)c2ccco2)ccc2[nH]nc(-c3cc4ccccc4s3)c12. The van der Waals surface area contributed by atoms with Crippen molar-refractivity contribution in [3.05, 3.63) is 66.6 Å². The first-order valence-corrected chi connectivity index (χ1v) is 9.45. The second kappa shape index (κ2) is 6.54. The van der Waals surface area contributed by atoms with E-state index < -0.39 is 0 Å². The van der Waals surface area contributed by atoms with E-state index in [4.69, 9.17) is 9.15 Å². The van der Waals surface area contributed by atoms with Crippen LogP contribution in [0.2, 0.25) is 0 Å². The zero-order valence-electron chi connectivity index (χ0n) is 14.9. The molecule has 0 spiro atoms. The summed E-state index contributed by atoms with van der Waals surface area (Å²) in [4.78, 5) is 13.4. The number of nitrogens with zero attached hydrogens (tertiary/aromatic N) is 1. The van der Waals surface area contributed by atoms with Crippen molar-refractivity contribution in [2.75, 3.05) is 12.4 Å². The number of methoxy groups -OCH3 is 1. The Morgan fingerprint density at radius 1 is 1.18 bits per heavy atom. The van der Waals surface area contributed by atoms with Crippen molar-refractivity contribution in [2.24, 2.45) is 0 Å². The van der Waals surface area contributed by atoms with E-state index in [0.29, 0.717) is 11.4 Å². The van der Waals surface area contributed by atoms with Gasteiger partial charge in [0.05, 0.1) is 34.8 Å². The third-order valence-corrected chi connectivity index (χ3v) is 5.66. The van der Waals surface area contributed by atoms with E-state index in [1.54, 1.807) is 36.6 Å². The quantitative estimate of drug-likeness (QED) is 0.437. The molecule has 5 rings (SSSR count). The van der Waals surface area contributed by atoms with Crippen LogP contribution >= 0.6 is 11.3 Å². The molecule has 2 N–H and O–H groups in total. The highest BCUT2D eigenvalue weighted by Gasteiger charge is 2.20. The van der Waals surface area contributed by atoms with E-state index in [9.17, 15) is 4.79 Å². The number of aromatic amines is 1. The van der Waals surface area contributed by atoms with Crippen molar-refractivity contribution in [1.82, 2.24) is 10.2 Å². The summed E-state index contributed by atoms with van der Waals surface area (Å²) in [6.45, 7) is 0. The van der Waals surface area contributed by atoms with Gasteiger partial charge < -0.3 is 14.5 Å². The van der Waals surface area contributed by atoms with Gasteiger partial charge in [0.25, 0.3) is 5.91 Å². The summed E-state index contributed by atoms with van der Waals surface area (Å²) in [5.41, 5.74) is 2.18. The molecule has 0 aliphatic rings. The molecule has 0 aliphatic carbocycles. The summed E-state index contributed by atoms with van der Waals surface area (Å²) in [5, 5.41) is 12.4. The molecule has 7 heteroatoms. The lowest BCUT2D eigenvalue weighted by molar-refractivity contribution is 0.0996. The summed E-state index contributed by atoms with van der Waals surface area (Å²) in [6.07, 6.45) is 1.46. The number of furan rings is 1. The number of rotatable bonds is 4. The second-order valence-corrected chi connectivity index (χ2v) is 7.30. The maximum absolute atomic E-state index is 12.4. The minimum Gasteiger partial charge on any atom is -0.494 e. The zero-order chi connectivity index (χ0) is 19.1. The Bertz CT molecular complexity index is 1270. The predicted molar refractivity (Wildman–Crippen MR) is 110 cm³/mol. The van der Waals surface area contributed by atoms with Crippen molar-refractivity contribution in [2.45, 2.75) is 0 Å². The van der Waals surface area contributed by atoms with E-state index in [1.807, 2.05) is 18.2 Å². The van der Waals surface area contributed by atoms with Crippen LogP contribution in [0, 0.1) is 0 Å². The Balaban J connectivity index is 1.64. The molecule has 1 amide bonds. The van der Waals surface area contributed by atoms with Crippen LogP contribution in [-0.4, -0.2) is 23.2 Å². The largest absolute Gasteiger partial charge is 0.494 e. The number of thiophene rings is 1. The average molecular weight is 389 g/mol. The molecule has 0 atom stereocenters. The fraction of sp³-hybridized carbons (Fsp3) is 0.0476. The van der Waals surface area contributed by atoms with E-state index in [1.165, 1.54) is 16.3 Å². The van der Waals surface area contributed by atoms with Crippen LogP contribution in [0.15, 0.2) is 65.3 Å². The first-order valence-electron chi connectivity index (χ1n) is 8.63. The molecule has 138 valence electrons. The number of hydrogen-bond acceptors (Lipinski definition) is 5. The van der Waals surface area contributed by atoms with Gasteiger partial charge in [-0.2, -0.15) is 5.10 Å². The maximum Gasteiger partial charge on any atom is 0.291 e. The standard InChI is InChI=1S/C21H15N3O3S/c1-26-20-14(22-21(25)15-6-4-10-27-15)9-8-13-18(20)19(24-23-13)17-11-12-5-2-3-7-16(12)28-17/h2-11H,1H3,(H,22,25)(H,23,24). The second-order valence-electron chi connectivity index (χ2n) is 6.22. The summed E-state index contributed by atoms with van der Waals surface area (Å²) in [6, 6.07) is 17.3. The molecule has 3 aromatic heterocycles. The average Bonchev–Trinajstić information content (AvgIpc) is 3.45. The van der Waals surface area contributed by atoms with Crippen molar-refractivity contribution in [3.8, 4) is 16.3 Å².